The Labute approximate surface area is 94.6 Å². The van der Waals surface area contributed by atoms with Crippen LogP contribution in [0.1, 0.15) is 29.8 Å². The van der Waals surface area contributed by atoms with Crippen LogP contribution in [0.4, 0.5) is 0 Å². The van der Waals surface area contributed by atoms with E-state index in [2.05, 4.69) is 5.32 Å². The second-order valence-electron chi connectivity index (χ2n) is 4.53. The number of fused-ring (bicyclic) bond motifs is 1. The quantitative estimate of drug-likeness (QED) is 0.774. The molecule has 0 bridgehead atoms. The predicted octanol–water partition coefficient (Wildman–Crippen LogP) is 1.25. The Morgan fingerprint density at radius 1 is 1.50 bits per heavy atom. The molecule has 1 aliphatic carbocycles. The Bertz CT molecular complexity index is 374. The summed E-state index contributed by atoms with van der Waals surface area (Å²) in [4.78, 5) is 14.2. The standard InChI is InChI=1S/C12H16N2O2/c15-12(11-5-2-8-16-11)14-7-6-13-9-3-1-4-10(9)14/h2,5,8-10,13H,1,3-4,6-7H2. The fourth-order valence-electron chi connectivity index (χ4n) is 2.88. The molecule has 2 fully saturated rings. The molecule has 2 atom stereocenters. The molecule has 1 saturated heterocycles. The minimum absolute atomic E-state index is 0.0448. The molecule has 1 N–H and O–H groups in total. The summed E-state index contributed by atoms with van der Waals surface area (Å²) in [6, 6.07) is 4.37. The molecule has 2 aliphatic rings. The van der Waals surface area contributed by atoms with E-state index in [1.807, 2.05) is 4.90 Å². The second-order valence-corrected chi connectivity index (χ2v) is 4.53. The summed E-state index contributed by atoms with van der Waals surface area (Å²) in [7, 11) is 0. The summed E-state index contributed by atoms with van der Waals surface area (Å²) >= 11 is 0. The molecule has 3 rings (SSSR count). The van der Waals surface area contributed by atoms with E-state index in [1.54, 1.807) is 18.4 Å². The highest BCUT2D eigenvalue weighted by Crippen LogP contribution is 2.27. The minimum Gasteiger partial charge on any atom is -0.459 e. The fraction of sp³-hybridized carbons (Fsp3) is 0.583. The van der Waals surface area contributed by atoms with Crippen molar-refractivity contribution < 1.29 is 9.21 Å². The summed E-state index contributed by atoms with van der Waals surface area (Å²) in [5.41, 5.74) is 0. The van der Waals surface area contributed by atoms with E-state index in [4.69, 9.17) is 4.42 Å². The van der Waals surface area contributed by atoms with Gasteiger partial charge in [-0.15, -0.1) is 0 Å². The van der Waals surface area contributed by atoms with Gasteiger partial charge in [0.15, 0.2) is 5.76 Å². The first-order valence-electron chi connectivity index (χ1n) is 5.94. The number of hydrogen-bond acceptors (Lipinski definition) is 3. The van der Waals surface area contributed by atoms with E-state index in [-0.39, 0.29) is 5.91 Å². The van der Waals surface area contributed by atoms with Crippen LogP contribution in [0.5, 0.6) is 0 Å². The van der Waals surface area contributed by atoms with Gasteiger partial charge >= 0.3 is 0 Å². The highest BCUT2D eigenvalue weighted by molar-refractivity contribution is 5.91. The first-order valence-corrected chi connectivity index (χ1v) is 5.94. The first kappa shape index (κ1) is 9.90. The highest BCUT2D eigenvalue weighted by Gasteiger charge is 2.38. The molecule has 2 unspecified atom stereocenters. The number of furan rings is 1. The van der Waals surface area contributed by atoms with E-state index in [0.29, 0.717) is 17.8 Å². The molecule has 1 saturated carbocycles. The summed E-state index contributed by atoms with van der Waals surface area (Å²) in [6.45, 7) is 1.69. The van der Waals surface area contributed by atoms with Gasteiger partial charge in [-0.25, -0.2) is 0 Å². The van der Waals surface area contributed by atoms with Gasteiger partial charge in [-0.05, 0) is 31.4 Å². The molecule has 0 aromatic carbocycles. The van der Waals surface area contributed by atoms with E-state index in [1.165, 1.54) is 12.8 Å². The summed E-state index contributed by atoms with van der Waals surface area (Å²) in [6.07, 6.45) is 5.07. The molecule has 1 aromatic heterocycles. The maximum Gasteiger partial charge on any atom is 0.289 e. The molecular formula is C12H16N2O2. The van der Waals surface area contributed by atoms with Gasteiger partial charge in [0.25, 0.3) is 5.91 Å². The lowest BCUT2D eigenvalue weighted by Crippen LogP contribution is -2.57. The average molecular weight is 220 g/mol. The van der Waals surface area contributed by atoms with Crippen molar-refractivity contribution in [2.75, 3.05) is 13.1 Å². The van der Waals surface area contributed by atoms with Crippen LogP contribution in [0.25, 0.3) is 0 Å². The number of nitrogens with zero attached hydrogens (tertiary/aromatic N) is 1. The van der Waals surface area contributed by atoms with Crippen LogP contribution in [0.3, 0.4) is 0 Å². The molecule has 1 aromatic rings. The van der Waals surface area contributed by atoms with Crippen LogP contribution < -0.4 is 5.32 Å². The Morgan fingerprint density at radius 3 is 3.25 bits per heavy atom. The minimum atomic E-state index is 0.0448. The van der Waals surface area contributed by atoms with Gasteiger partial charge in [0.2, 0.25) is 0 Å². The second kappa shape index (κ2) is 3.94. The number of rotatable bonds is 1. The van der Waals surface area contributed by atoms with E-state index < -0.39 is 0 Å². The van der Waals surface area contributed by atoms with Crippen molar-refractivity contribution in [3.63, 3.8) is 0 Å². The third-order valence-electron chi connectivity index (χ3n) is 3.63. The molecular weight excluding hydrogens is 204 g/mol. The summed E-state index contributed by atoms with van der Waals surface area (Å²) in [5.74, 6) is 0.510. The number of amides is 1. The average Bonchev–Trinajstić information content (AvgIpc) is 2.98. The topological polar surface area (TPSA) is 45.5 Å². The number of carbonyl (C=O) groups excluding carboxylic acids is 1. The van der Waals surface area contributed by atoms with Crippen molar-refractivity contribution in [1.29, 1.82) is 0 Å². The van der Waals surface area contributed by atoms with Crippen LogP contribution in [0, 0.1) is 0 Å². The zero-order valence-corrected chi connectivity index (χ0v) is 9.19. The fourth-order valence-corrected chi connectivity index (χ4v) is 2.88. The van der Waals surface area contributed by atoms with Crippen molar-refractivity contribution in [3.05, 3.63) is 24.2 Å². The van der Waals surface area contributed by atoms with E-state index >= 15 is 0 Å². The summed E-state index contributed by atoms with van der Waals surface area (Å²) in [5, 5.41) is 3.49. The van der Waals surface area contributed by atoms with Crippen LogP contribution in [-0.2, 0) is 0 Å². The molecule has 0 radical (unpaired) electrons. The van der Waals surface area contributed by atoms with Crippen molar-refractivity contribution >= 4 is 5.91 Å². The molecule has 1 amide bonds. The zero-order chi connectivity index (χ0) is 11.0. The van der Waals surface area contributed by atoms with Crippen LogP contribution in [0.15, 0.2) is 22.8 Å². The number of hydrogen-bond donors (Lipinski definition) is 1. The van der Waals surface area contributed by atoms with Gasteiger partial charge in [-0.1, -0.05) is 0 Å². The molecule has 86 valence electrons. The summed E-state index contributed by atoms with van der Waals surface area (Å²) < 4.78 is 5.19. The number of carbonyl (C=O) groups is 1. The number of nitrogens with one attached hydrogen (secondary N) is 1. The van der Waals surface area contributed by atoms with Gasteiger partial charge in [-0.2, -0.15) is 0 Å². The lowest BCUT2D eigenvalue weighted by molar-refractivity contribution is 0.0566. The normalized spacial score (nSPS) is 29.1. The van der Waals surface area contributed by atoms with Gasteiger partial charge < -0.3 is 14.6 Å². The van der Waals surface area contributed by atoms with Gasteiger partial charge in [0, 0.05) is 25.2 Å². The monoisotopic (exact) mass is 220 g/mol. The first-order chi connectivity index (χ1) is 7.86. The van der Waals surface area contributed by atoms with Crippen LogP contribution in [-0.4, -0.2) is 36.0 Å². The van der Waals surface area contributed by atoms with Crippen LogP contribution in [0.2, 0.25) is 0 Å². The zero-order valence-electron chi connectivity index (χ0n) is 9.19. The van der Waals surface area contributed by atoms with Crippen LogP contribution >= 0.6 is 0 Å². The Hall–Kier alpha value is -1.29. The third-order valence-corrected chi connectivity index (χ3v) is 3.63. The number of piperazine rings is 1. The van der Waals surface area contributed by atoms with Crippen molar-refractivity contribution in [2.24, 2.45) is 0 Å². The van der Waals surface area contributed by atoms with Gasteiger partial charge in [0.1, 0.15) is 0 Å². The lowest BCUT2D eigenvalue weighted by atomic mass is 10.1. The molecule has 2 heterocycles. The molecule has 0 spiro atoms. The molecule has 16 heavy (non-hydrogen) atoms. The predicted molar refractivity (Wildman–Crippen MR) is 59.2 cm³/mol. The van der Waals surface area contributed by atoms with Crippen molar-refractivity contribution in [2.45, 2.75) is 31.3 Å². The smallest absolute Gasteiger partial charge is 0.289 e. The third kappa shape index (κ3) is 1.53. The highest BCUT2D eigenvalue weighted by atomic mass is 16.3. The largest absolute Gasteiger partial charge is 0.459 e. The van der Waals surface area contributed by atoms with E-state index in [0.717, 1.165) is 19.5 Å². The molecule has 1 aliphatic heterocycles. The van der Waals surface area contributed by atoms with E-state index in [9.17, 15) is 4.79 Å². The maximum absolute atomic E-state index is 12.2. The maximum atomic E-state index is 12.2. The SMILES string of the molecule is O=C(c1ccco1)N1CCNC2CCCC21. The Kier molecular flexibility index (Phi) is 2.44. The molecule has 4 heteroatoms. The van der Waals surface area contributed by atoms with Gasteiger partial charge in [-0.3, -0.25) is 4.79 Å². The Morgan fingerprint density at radius 2 is 2.44 bits per heavy atom. The van der Waals surface area contributed by atoms with Gasteiger partial charge in [0.05, 0.1) is 6.26 Å². The molecule has 4 nitrogen and oxygen atoms in total. The van der Waals surface area contributed by atoms with Crippen molar-refractivity contribution in [1.82, 2.24) is 10.2 Å². The Balaban J connectivity index is 1.80. The lowest BCUT2D eigenvalue weighted by Gasteiger charge is -2.37. The van der Waals surface area contributed by atoms with Crippen molar-refractivity contribution in [3.8, 4) is 0 Å².